The Labute approximate surface area is 114 Å². The van der Waals surface area contributed by atoms with Crippen molar-refractivity contribution in [1.82, 2.24) is 0 Å². The molecule has 0 aliphatic carbocycles. The number of esters is 1. The highest BCUT2D eigenvalue weighted by Crippen LogP contribution is 2.37. The van der Waals surface area contributed by atoms with Crippen molar-refractivity contribution >= 4 is 16.7 Å². The molecule has 0 bridgehead atoms. The first kappa shape index (κ1) is 13.6. The van der Waals surface area contributed by atoms with Gasteiger partial charge in [-0.2, -0.15) is 0 Å². The molecule has 2 aromatic carbocycles. The summed E-state index contributed by atoms with van der Waals surface area (Å²) >= 11 is 0. The van der Waals surface area contributed by atoms with E-state index in [1.165, 1.54) is 17.7 Å². The third kappa shape index (κ3) is 3.14. The van der Waals surface area contributed by atoms with Gasteiger partial charge in [0.1, 0.15) is 6.10 Å². The van der Waals surface area contributed by atoms with Gasteiger partial charge in [0.25, 0.3) is 0 Å². The van der Waals surface area contributed by atoms with Crippen molar-refractivity contribution in [3.63, 3.8) is 0 Å². The average molecular weight is 256 g/mol. The molecule has 2 nitrogen and oxygen atoms in total. The molecule has 100 valence electrons. The van der Waals surface area contributed by atoms with Crippen LogP contribution < -0.4 is 0 Å². The van der Waals surface area contributed by atoms with Gasteiger partial charge in [0.2, 0.25) is 0 Å². The molecule has 0 aromatic heterocycles. The molecule has 0 amide bonds. The van der Waals surface area contributed by atoms with Crippen molar-refractivity contribution in [3.05, 3.63) is 48.0 Å². The summed E-state index contributed by atoms with van der Waals surface area (Å²) in [5.41, 5.74) is 0.912. The molecule has 0 saturated carbocycles. The second kappa shape index (κ2) is 5.04. The van der Waals surface area contributed by atoms with Crippen LogP contribution in [-0.2, 0) is 9.53 Å². The molecule has 0 radical (unpaired) electrons. The number of benzene rings is 2. The van der Waals surface area contributed by atoms with Gasteiger partial charge in [-0.3, -0.25) is 4.79 Å². The Morgan fingerprint density at radius 2 is 1.68 bits per heavy atom. The second-order valence-electron chi connectivity index (χ2n) is 5.96. The summed E-state index contributed by atoms with van der Waals surface area (Å²) in [6.45, 7) is 7.70. The molecule has 0 aliphatic heterocycles. The topological polar surface area (TPSA) is 26.3 Å². The van der Waals surface area contributed by atoms with Gasteiger partial charge in [-0.1, -0.05) is 57.2 Å². The molecule has 2 heteroatoms. The standard InChI is InChI=1S/C17H20O2/c1-12(18)19-16(17(2,3)4)15-10-9-13-7-5-6-8-14(13)11-15/h5-11,16H,1-4H3/t16-/m0/s1. The molecule has 2 aromatic rings. The van der Waals surface area contributed by atoms with Crippen LogP contribution in [0.15, 0.2) is 42.5 Å². The molecule has 0 saturated heterocycles. The van der Waals surface area contributed by atoms with E-state index in [0.29, 0.717) is 0 Å². The first-order chi connectivity index (χ1) is 8.88. The van der Waals surface area contributed by atoms with Crippen LogP contribution in [0.3, 0.4) is 0 Å². The third-order valence-electron chi connectivity index (χ3n) is 3.15. The van der Waals surface area contributed by atoms with Crippen molar-refractivity contribution in [3.8, 4) is 0 Å². The Kier molecular flexibility index (Phi) is 3.61. The summed E-state index contributed by atoms with van der Waals surface area (Å²) in [6.07, 6.45) is -0.227. The van der Waals surface area contributed by atoms with E-state index in [9.17, 15) is 4.79 Å². The van der Waals surface area contributed by atoms with Crippen molar-refractivity contribution in [2.45, 2.75) is 33.8 Å². The summed E-state index contributed by atoms with van der Waals surface area (Å²) in [4.78, 5) is 11.3. The maximum Gasteiger partial charge on any atom is 0.303 e. The largest absolute Gasteiger partial charge is 0.457 e. The van der Waals surface area contributed by atoms with Crippen LogP contribution in [0.4, 0.5) is 0 Å². The normalized spacial score (nSPS) is 13.3. The minimum Gasteiger partial charge on any atom is -0.457 e. The molecule has 1 atom stereocenters. The van der Waals surface area contributed by atoms with Crippen molar-refractivity contribution in [2.24, 2.45) is 5.41 Å². The molecule has 0 spiro atoms. The van der Waals surface area contributed by atoms with Gasteiger partial charge in [0.05, 0.1) is 0 Å². The SMILES string of the molecule is CC(=O)O[C@@H](c1ccc2ccccc2c1)C(C)(C)C. The predicted octanol–water partition coefficient (Wildman–Crippen LogP) is 4.49. The zero-order valence-corrected chi connectivity index (χ0v) is 11.9. The van der Waals surface area contributed by atoms with E-state index in [-0.39, 0.29) is 17.5 Å². The van der Waals surface area contributed by atoms with E-state index in [0.717, 1.165) is 5.56 Å². The van der Waals surface area contributed by atoms with Crippen LogP contribution >= 0.6 is 0 Å². The second-order valence-corrected chi connectivity index (χ2v) is 5.96. The Morgan fingerprint density at radius 1 is 1.05 bits per heavy atom. The van der Waals surface area contributed by atoms with E-state index in [1.54, 1.807) is 0 Å². The summed E-state index contributed by atoms with van der Waals surface area (Å²) in [5, 5.41) is 2.36. The van der Waals surface area contributed by atoms with Gasteiger partial charge >= 0.3 is 5.97 Å². The fourth-order valence-electron chi connectivity index (χ4n) is 2.28. The minimum atomic E-state index is -0.243. The summed E-state index contributed by atoms with van der Waals surface area (Å²) < 4.78 is 5.51. The maximum atomic E-state index is 11.3. The Hall–Kier alpha value is -1.83. The van der Waals surface area contributed by atoms with Crippen LogP contribution in [-0.4, -0.2) is 5.97 Å². The molecule has 0 aliphatic rings. The fraction of sp³-hybridized carbons (Fsp3) is 0.353. The van der Waals surface area contributed by atoms with Crippen LogP contribution in [0.5, 0.6) is 0 Å². The zero-order valence-electron chi connectivity index (χ0n) is 11.9. The van der Waals surface area contributed by atoms with Crippen LogP contribution in [0.2, 0.25) is 0 Å². The summed E-state index contributed by atoms with van der Waals surface area (Å²) in [6, 6.07) is 14.4. The lowest BCUT2D eigenvalue weighted by Gasteiger charge is -2.30. The van der Waals surface area contributed by atoms with Crippen LogP contribution in [0.25, 0.3) is 10.8 Å². The van der Waals surface area contributed by atoms with E-state index < -0.39 is 0 Å². The molecule has 0 unspecified atom stereocenters. The summed E-state index contributed by atoms with van der Waals surface area (Å²) in [7, 11) is 0. The smallest absolute Gasteiger partial charge is 0.303 e. The highest BCUT2D eigenvalue weighted by Gasteiger charge is 2.29. The number of carbonyl (C=O) groups excluding carboxylic acids is 1. The number of ether oxygens (including phenoxy) is 1. The number of fused-ring (bicyclic) bond motifs is 1. The first-order valence-corrected chi connectivity index (χ1v) is 6.54. The zero-order chi connectivity index (χ0) is 14.0. The monoisotopic (exact) mass is 256 g/mol. The number of hydrogen-bond donors (Lipinski definition) is 0. The molecule has 19 heavy (non-hydrogen) atoms. The van der Waals surface area contributed by atoms with Gasteiger partial charge in [-0.15, -0.1) is 0 Å². The average Bonchev–Trinajstić information content (AvgIpc) is 2.34. The molecular weight excluding hydrogens is 236 g/mol. The minimum absolute atomic E-state index is 0.131. The Morgan fingerprint density at radius 3 is 2.26 bits per heavy atom. The lowest BCUT2D eigenvalue weighted by atomic mass is 9.84. The Bertz CT molecular complexity index is 593. The van der Waals surface area contributed by atoms with Gasteiger partial charge in [-0.05, 0) is 22.4 Å². The van der Waals surface area contributed by atoms with Gasteiger partial charge in [0.15, 0.2) is 0 Å². The van der Waals surface area contributed by atoms with Gasteiger partial charge < -0.3 is 4.74 Å². The number of rotatable bonds is 2. The van der Waals surface area contributed by atoms with Crippen LogP contribution in [0, 0.1) is 5.41 Å². The molecule has 0 N–H and O–H groups in total. The number of hydrogen-bond acceptors (Lipinski definition) is 2. The van der Waals surface area contributed by atoms with Gasteiger partial charge in [0, 0.05) is 12.3 Å². The van der Waals surface area contributed by atoms with E-state index >= 15 is 0 Å². The summed E-state index contributed by atoms with van der Waals surface area (Å²) in [5.74, 6) is -0.243. The maximum absolute atomic E-state index is 11.3. The lowest BCUT2D eigenvalue weighted by molar-refractivity contribution is -0.152. The van der Waals surface area contributed by atoms with Crippen LogP contribution in [0.1, 0.15) is 39.4 Å². The van der Waals surface area contributed by atoms with Crippen molar-refractivity contribution < 1.29 is 9.53 Å². The molecular formula is C17H20O2. The Balaban J connectivity index is 2.46. The quantitative estimate of drug-likeness (QED) is 0.740. The van der Waals surface area contributed by atoms with E-state index in [2.05, 4.69) is 45.0 Å². The van der Waals surface area contributed by atoms with E-state index in [1.807, 2.05) is 18.2 Å². The predicted molar refractivity (Wildman–Crippen MR) is 77.9 cm³/mol. The first-order valence-electron chi connectivity index (χ1n) is 6.54. The highest BCUT2D eigenvalue weighted by molar-refractivity contribution is 5.83. The molecule has 0 heterocycles. The fourth-order valence-corrected chi connectivity index (χ4v) is 2.28. The third-order valence-corrected chi connectivity index (χ3v) is 3.15. The molecule has 2 rings (SSSR count). The highest BCUT2D eigenvalue weighted by atomic mass is 16.5. The van der Waals surface area contributed by atoms with Gasteiger partial charge in [-0.25, -0.2) is 0 Å². The number of carbonyl (C=O) groups is 1. The van der Waals surface area contributed by atoms with E-state index in [4.69, 9.17) is 4.74 Å². The van der Waals surface area contributed by atoms with Crippen molar-refractivity contribution in [1.29, 1.82) is 0 Å². The lowest BCUT2D eigenvalue weighted by Crippen LogP contribution is -2.23. The van der Waals surface area contributed by atoms with Crippen molar-refractivity contribution in [2.75, 3.05) is 0 Å². The molecule has 0 fully saturated rings.